The molecule has 5 nitrogen and oxygen atoms in total. The number of carboxylic acid groups (broad SMARTS) is 1. The van der Waals surface area contributed by atoms with E-state index in [2.05, 4.69) is 5.32 Å². The standard InChI is InChI=1S/C19H23NO4/c21-12-5-1-2-11-18(22)20-17(19(23)24)13-15-9-6-8-14-7-3-4-10-16(14)15/h3-4,6-10,17,21H,1-2,5,11-13H2,(H,20,22)(H,23,24). The summed E-state index contributed by atoms with van der Waals surface area (Å²) in [6.07, 6.45) is 2.59. The molecule has 0 radical (unpaired) electrons. The number of carbonyl (C=O) groups is 2. The molecule has 1 amide bonds. The molecule has 0 bridgehead atoms. The first-order valence-electron chi connectivity index (χ1n) is 8.21. The fourth-order valence-electron chi connectivity index (χ4n) is 2.73. The van der Waals surface area contributed by atoms with Crippen LogP contribution in [0.5, 0.6) is 0 Å². The van der Waals surface area contributed by atoms with Gasteiger partial charge in [-0.15, -0.1) is 0 Å². The van der Waals surface area contributed by atoms with E-state index < -0.39 is 12.0 Å². The van der Waals surface area contributed by atoms with E-state index >= 15 is 0 Å². The van der Waals surface area contributed by atoms with Crippen LogP contribution in [0.1, 0.15) is 31.2 Å². The summed E-state index contributed by atoms with van der Waals surface area (Å²) < 4.78 is 0. The van der Waals surface area contributed by atoms with Crippen LogP contribution in [-0.2, 0) is 16.0 Å². The Morgan fingerprint density at radius 2 is 1.75 bits per heavy atom. The first-order valence-corrected chi connectivity index (χ1v) is 8.21. The smallest absolute Gasteiger partial charge is 0.326 e. The lowest BCUT2D eigenvalue weighted by Gasteiger charge is -2.16. The molecule has 5 heteroatoms. The van der Waals surface area contributed by atoms with Crippen molar-refractivity contribution in [3.8, 4) is 0 Å². The van der Waals surface area contributed by atoms with Crippen molar-refractivity contribution in [2.45, 2.75) is 38.1 Å². The monoisotopic (exact) mass is 329 g/mol. The second kappa shape index (κ2) is 9.03. The summed E-state index contributed by atoms with van der Waals surface area (Å²) in [6, 6.07) is 12.6. The quantitative estimate of drug-likeness (QED) is 0.617. The number of fused-ring (bicyclic) bond motifs is 1. The Labute approximate surface area is 141 Å². The lowest BCUT2D eigenvalue weighted by Crippen LogP contribution is -2.42. The summed E-state index contributed by atoms with van der Waals surface area (Å²) in [6.45, 7) is 0.112. The van der Waals surface area contributed by atoms with Gasteiger partial charge < -0.3 is 15.5 Å². The second-order valence-electron chi connectivity index (χ2n) is 5.84. The van der Waals surface area contributed by atoms with Crippen molar-refractivity contribution in [1.29, 1.82) is 0 Å². The van der Waals surface area contributed by atoms with Gasteiger partial charge in [-0.2, -0.15) is 0 Å². The highest BCUT2D eigenvalue weighted by Crippen LogP contribution is 2.20. The van der Waals surface area contributed by atoms with Crippen molar-refractivity contribution >= 4 is 22.6 Å². The molecule has 3 N–H and O–H groups in total. The highest BCUT2D eigenvalue weighted by molar-refractivity contribution is 5.88. The maximum absolute atomic E-state index is 11.9. The summed E-state index contributed by atoms with van der Waals surface area (Å²) in [5.41, 5.74) is 0.904. The molecule has 1 unspecified atom stereocenters. The second-order valence-corrected chi connectivity index (χ2v) is 5.84. The molecule has 0 aromatic heterocycles. The number of nitrogens with one attached hydrogen (secondary N) is 1. The van der Waals surface area contributed by atoms with Crippen LogP contribution in [-0.4, -0.2) is 34.7 Å². The third-order valence-electron chi connectivity index (χ3n) is 4.00. The van der Waals surface area contributed by atoms with Crippen molar-refractivity contribution in [2.24, 2.45) is 0 Å². The predicted octanol–water partition coefficient (Wildman–Crippen LogP) is 2.50. The molecule has 0 heterocycles. The number of carbonyl (C=O) groups excluding carboxylic acids is 1. The zero-order valence-corrected chi connectivity index (χ0v) is 13.6. The third kappa shape index (κ3) is 5.06. The molecular formula is C19H23NO4. The van der Waals surface area contributed by atoms with Crippen molar-refractivity contribution < 1.29 is 19.8 Å². The highest BCUT2D eigenvalue weighted by atomic mass is 16.4. The van der Waals surface area contributed by atoms with Crippen LogP contribution >= 0.6 is 0 Å². The van der Waals surface area contributed by atoms with Gasteiger partial charge in [-0.05, 0) is 29.2 Å². The average Bonchev–Trinajstić information content (AvgIpc) is 2.58. The number of amides is 1. The van der Waals surface area contributed by atoms with Gasteiger partial charge in [0.05, 0.1) is 0 Å². The van der Waals surface area contributed by atoms with E-state index in [1.807, 2.05) is 42.5 Å². The molecule has 0 saturated carbocycles. The predicted molar refractivity (Wildman–Crippen MR) is 92.8 cm³/mol. The van der Waals surface area contributed by atoms with Crippen LogP contribution in [0.25, 0.3) is 10.8 Å². The summed E-state index contributed by atoms with van der Waals surface area (Å²) in [7, 11) is 0. The van der Waals surface area contributed by atoms with E-state index in [-0.39, 0.29) is 25.4 Å². The largest absolute Gasteiger partial charge is 0.480 e. The third-order valence-corrected chi connectivity index (χ3v) is 4.00. The number of hydrogen-bond acceptors (Lipinski definition) is 3. The van der Waals surface area contributed by atoms with Crippen molar-refractivity contribution in [1.82, 2.24) is 5.32 Å². The van der Waals surface area contributed by atoms with Crippen LogP contribution in [0, 0.1) is 0 Å². The molecule has 0 aliphatic heterocycles. The summed E-state index contributed by atoms with van der Waals surface area (Å²) in [4.78, 5) is 23.4. The Hall–Kier alpha value is -2.40. The van der Waals surface area contributed by atoms with E-state index in [0.29, 0.717) is 12.8 Å². The number of hydrogen-bond donors (Lipinski definition) is 3. The van der Waals surface area contributed by atoms with Gasteiger partial charge in [-0.25, -0.2) is 4.79 Å². The Bertz CT molecular complexity index is 693. The zero-order chi connectivity index (χ0) is 17.4. The fourth-order valence-corrected chi connectivity index (χ4v) is 2.73. The van der Waals surface area contributed by atoms with Crippen molar-refractivity contribution in [3.05, 3.63) is 48.0 Å². The van der Waals surface area contributed by atoms with Crippen LogP contribution < -0.4 is 5.32 Å². The van der Waals surface area contributed by atoms with Gasteiger partial charge in [0.2, 0.25) is 5.91 Å². The molecular weight excluding hydrogens is 306 g/mol. The molecule has 0 spiro atoms. The average molecular weight is 329 g/mol. The summed E-state index contributed by atoms with van der Waals surface area (Å²) in [5.74, 6) is -1.30. The molecule has 0 aliphatic rings. The molecule has 2 aromatic carbocycles. The number of carboxylic acids is 1. The van der Waals surface area contributed by atoms with Gasteiger partial charge in [0.15, 0.2) is 0 Å². The molecule has 128 valence electrons. The molecule has 0 fully saturated rings. The van der Waals surface area contributed by atoms with Crippen molar-refractivity contribution in [2.75, 3.05) is 6.61 Å². The maximum Gasteiger partial charge on any atom is 0.326 e. The van der Waals surface area contributed by atoms with Gasteiger partial charge in [-0.3, -0.25) is 4.79 Å². The minimum atomic E-state index is -1.04. The van der Waals surface area contributed by atoms with Gasteiger partial charge in [0, 0.05) is 19.4 Å². The van der Waals surface area contributed by atoms with E-state index in [1.54, 1.807) is 0 Å². The van der Waals surface area contributed by atoms with E-state index in [1.165, 1.54) is 0 Å². The SMILES string of the molecule is O=C(CCCCCO)NC(Cc1cccc2ccccc12)C(=O)O. The van der Waals surface area contributed by atoms with Gasteiger partial charge in [-0.1, -0.05) is 48.9 Å². The Morgan fingerprint density at radius 1 is 1.00 bits per heavy atom. The number of aliphatic carboxylic acids is 1. The first-order chi connectivity index (χ1) is 11.6. The molecule has 2 rings (SSSR count). The highest BCUT2D eigenvalue weighted by Gasteiger charge is 2.21. The maximum atomic E-state index is 11.9. The van der Waals surface area contributed by atoms with Gasteiger partial charge in [0.25, 0.3) is 0 Å². The normalized spacial score (nSPS) is 12.0. The molecule has 1 atom stereocenters. The number of aliphatic hydroxyl groups is 1. The van der Waals surface area contributed by atoms with Crippen LogP contribution in [0.4, 0.5) is 0 Å². The Morgan fingerprint density at radius 3 is 2.50 bits per heavy atom. The lowest BCUT2D eigenvalue weighted by atomic mass is 9.98. The first kappa shape index (κ1) is 17.9. The van der Waals surface area contributed by atoms with Gasteiger partial charge in [0.1, 0.15) is 6.04 Å². The minimum Gasteiger partial charge on any atom is -0.480 e. The van der Waals surface area contributed by atoms with Crippen LogP contribution in [0.15, 0.2) is 42.5 Å². The number of benzene rings is 2. The van der Waals surface area contributed by atoms with E-state index in [0.717, 1.165) is 22.8 Å². The van der Waals surface area contributed by atoms with Crippen LogP contribution in [0.3, 0.4) is 0 Å². The number of rotatable bonds is 9. The zero-order valence-electron chi connectivity index (χ0n) is 13.6. The van der Waals surface area contributed by atoms with Crippen molar-refractivity contribution in [3.63, 3.8) is 0 Å². The Kier molecular flexibility index (Phi) is 6.75. The van der Waals surface area contributed by atoms with Gasteiger partial charge >= 0.3 is 5.97 Å². The molecule has 24 heavy (non-hydrogen) atoms. The summed E-state index contributed by atoms with van der Waals surface area (Å²) in [5, 5.41) is 22.8. The van der Waals surface area contributed by atoms with E-state index in [4.69, 9.17) is 5.11 Å². The molecule has 0 aliphatic carbocycles. The molecule has 0 saturated heterocycles. The molecule has 2 aromatic rings. The number of unbranched alkanes of at least 4 members (excludes halogenated alkanes) is 2. The van der Waals surface area contributed by atoms with E-state index in [9.17, 15) is 14.7 Å². The number of aliphatic hydroxyl groups excluding tert-OH is 1. The minimum absolute atomic E-state index is 0.112. The lowest BCUT2D eigenvalue weighted by molar-refractivity contribution is -0.141. The Balaban J connectivity index is 2.03. The topological polar surface area (TPSA) is 86.6 Å². The fraction of sp³-hybridized carbons (Fsp3) is 0.368. The summed E-state index contributed by atoms with van der Waals surface area (Å²) >= 11 is 0. The van der Waals surface area contributed by atoms with Crippen LogP contribution in [0.2, 0.25) is 0 Å².